The van der Waals surface area contributed by atoms with Crippen LogP contribution in [-0.2, 0) is 0 Å². The molecule has 0 heterocycles. The van der Waals surface area contributed by atoms with Gasteiger partial charge in [0, 0.05) is 5.75 Å². The Labute approximate surface area is 75.8 Å². The largest absolute Gasteiger partial charge is 1.00 e. The predicted molar refractivity (Wildman–Crippen MR) is 33.9 cm³/mol. The Morgan fingerprint density at radius 1 is 1.45 bits per heavy atom. The number of carbonyl (C=O) groups is 1. The molecule has 0 spiro atoms. The summed E-state index contributed by atoms with van der Waals surface area (Å²) < 4.78 is 0. The molecule has 0 atom stereocenters. The molecule has 1 rings (SSSR count). The number of aromatic hydroxyl groups is 1. The number of hydrogen-bond acceptors (Lipinski definition) is 2. The van der Waals surface area contributed by atoms with Crippen LogP contribution in [0.3, 0.4) is 0 Å². The van der Waals surface area contributed by atoms with E-state index in [-0.39, 0.29) is 30.2 Å². The molecule has 0 saturated carbocycles. The fourth-order valence-corrected chi connectivity index (χ4v) is 0.550. The van der Waals surface area contributed by atoms with E-state index in [1.807, 2.05) is 0 Å². The number of carboxylic acids is 1. The van der Waals surface area contributed by atoms with Gasteiger partial charge in [-0.1, -0.05) is 5.56 Å². The summed E-state index contributed by atoms with van der Waals surface area (Å²) >= 11 is 0. The average molecular weight is 144 g/mol. The Kier molecular flexibility index (Phi) is 3.73. The van der Waals surface area contributed by atoms with Gasteiger partial charge in [0.15, 0.2) is 0 Å². The second-order valence-corrected chi connectivity index (χ2v) is 1.77. The number of phenolic OH excluding ortho intramolecular Hbond substituents is 1. The summed E-state index contributed by atoms with van der Waals surface area (Å²) in [5.74, 6) is -1.07. The fraction of sp³-hybridized carbons (Fsp3) is 0. The van der Waals surface area contributed by atoms with Crippen molar-refractivity contribution in [3.8, 4) is 5.75 Å². The number of hydrogen-bond donors (Lipinski definition) is 2. The Bertz CT molecular complexity index is 242. The van der Waals surface area contributed by atoms with Gasteiger partial charge in [-0.2, -0.15) is 12.1 Å². The zero-order chi connectivity index (χ0) is 7.56. The summed E-state index contributed by atoms with van der Waals surface area (Å²) in [6.07, 6.45) is 0. The van der Waals surface area contributed by atoms with Gasteiger partial charge in [0.2, 0.25) is 0 Å². The smallest absolute Gasteiger partial charge is 0.534 e. The fourth-order valence-electron chi connectivity index (χ4n) is 0.550. The van der Waals surface area contributed by atoms with Crippen molar-refractivity contribution in [3.05, 3.63) is 29.8 Å². The van der Waals surface area contributed by atoms with E-state index in [4.69, 9.17) is 10.2 Å². The third-order valence-corrected chi connectivity index (χ3v) is 1.04. The summed E-state index contributed by atoms with van der Waals surface area (Å²) in [5.41, 5.74) is 0.123. The maximum Gasteiger partial charge on any atom is 1.00 e. The topological polar surface area (TPSA) is 57.5 Å². The zero-order valence-corrected chi connectivity index (χ0v) is 6.03. The normalized spacial score (nSPS) is 8.36. The molecule has 0 fully saturated rings. The van der Waals surface area contributed by atoms with Crippen LogP contribution in [0.25, 0.3) is 0 Å². The molecule has 1 aromatic carbocycles. The molecule has 0 bridgehead atoms. The van der Waals surface area contributed by atoms with Crippen molar-refractivity contribution in [1.29, 1.82) is 0 Å². The summed E-state index contributed by atoms with van der Waals surface area (Å²) in [7, 11) is 0. The van der Waals surface area contributed by atoms with Crippen molar-refractivity contribution >= 4 is 5.97 Å². The number of aromatic carboxylic acids is 1. The molecule has 11 heavy (non-hydrogen) atoms. The SMILES string of the molecule is O=C(O)c1c[c-]c(O)cc1.[Li+]. The van der Waals surface area contributed by atoms with E-state index >= 15 is 0 Å². The minimum Gasteiger partial charge on any atom is -0.534 e. The zero-order valence-electron chi connectivity index (χ0n) is 6.03. The molecule has 0 aliphatic carbocycles. The molecule has 0 aliphatic rings. The van der Waals surface area contributed by atoms with Crippen molar-refractivity contribution in [3.63, 3.8) is 0 Å². The van der Waals surface area contributed by atoms with E-state index in [2.05, 4.69) is 6.07 Å². The average Bonchev–Trinajstić information content (AvgIpc) is 1.88. The van der Waals surface area contributed by atoms with Crippen LogP contribution in [0.2, 0.25) is 0 Å². The van der Waals surface area contributed by atoms with Crippen LogP contribution in [0.5, 0.6) is 5.75 Å². The standard InChI is InChI=1S/C7H5O3.Li/c8-6-3-1-5(2-4-6)7(9)10;/h1-3,8H,(H,9,10);/q-1;+1. The van der Waals surface area contributed by atoms with Gasteiger partial charge >= 0.3 is 18.9 Å². The van der Waals surface area contributed by atoms with Gasteiger partial charge in [-0.25, -0.2) is 0 Å². The van der Waals surface area contributed by atoms with Gasteiger partial charge in [0.25, 0.3) is 5.97 Å². The Balaban J connectivity index is 0.000001000. The first-order valence-corrected chi connectivity index (χ1v) is 2.64. The van der Waals surface area contributed by atoms with Gasteiger partial charge in [0.1, 0.15) is 0 Å². The minimum absolute atomic E-state index is 0. The molecule has 1 aromatic rings. The molecule has 0 radical (unpaired) electrons. The van der Waals surface area contributed by atoms with Crippen LogP contribution in [0.4, 0.5) is 0 Å². The van der Waals surface area contributed by atoms with E-state index in [1.54, 1.807) is 0 Å². The molecule has 3 nitrogen and oxygen atoms in total. The van der Waals surface area contributed by atoms with Gasteiger partial charge < -0.3 is 10.2 Å². The van der Waals surface area contributed by atoms with Crippen LogP contribution in [0.15, 0.2) is 18.2 Å². The molecule has 0 unspecified atom stereocenters. The first-order chi connectivity index (χ1) is 4.70. The van der Waals surface area contributed by atoms with Crippen LogP contribution in [0.1, 0.15) is 10.4 Å². The molecule has 0 aliphatic heterocycles. The number of benzene rings is 1. The van der Waals surface area contributed by atoms with Crippen LogP contribution in [-0.4, -0.2) is 16.2 Å². The molecular formula is C7H5LiO3. The monoisotopic (exact) mass is 144 g/mol. The molecular weight excluding hydrogens is 139 g/mol. The molecule has 0 aromatic heterocycles. The van der Waals surface area contributed by atoms with Crippen molar-refractivity contribution < 1.29 is 33.9 Å². The minimum atomic E-state index is -1.02. The van der Waals surface area contributed by atoms with E-state index in [0.717, 1.165) is 0 Å². The van der Waals surface area contributed by atoms with Crippen LogP contribution in [0, 0.1) is 6.07 Å². The van der Waals surface area contributed by atoms with E-state index in [9.17, 15) is 4.79 Å². The molecule has 2 N–H and O–H groups in total. The molecule has 52 valence electrons. The number of rotatable bonds is 1. The number of phenols is 1. The predicted octanol–water partition coefficient (Wildman–Crippen LogP) is -2.11. The Hall–Kier alpha value is -0.913. The first kappa shape index (κ1) is 10.1. The van der Waals surface area contributed by atoms with E-state index in [1.165, 1.54) is 18.2 Å². The van der Waals surface area contributed by atoms with Crippen molar-refractivity contribution in [1.82, 2.24) is 0 Å². The summed E-state index contributed by atoms with van der Waals surface area (Å²) in [4.78, 5) is 10.2. The second-order valence-electron chi connectivity index (χ2n) is 1.77. The van der Waals surface area contributed by atoms with E-state index in [0.29, 0.717) is 0 Å². The summed E-state index contributed by atoms with van der Waals surface area (Å²) in [6.45, 7) is 0. The Morgan fingerprint density at radius 3 is 2.45 bits per heavy atom. The van der Waals surface area contributed by atoms with E-state index < -0.39 is 5.97 Å². The quantitative estimate of drug-likeness (QED) is 0.350. The first-order valence-electron chi connectivity index (χ1n) is 2.64. The van der Waals surface area contributed by atoms with Gasteiger partial charge in [-0.05, 0) is 0 Å². The second kappa shape index (κ2) is 4.07. The van der Waals surface area contributed by atoms with Crippen molar-refractivity contribution in [2.75, 3.05) is 0 Å². The van der Waals surface area contributed by atoms with Crippen molar-refractivity contribution in [2.24, 2.45) is 0 Å². The van der Waals surface area contributed by atoms with Gasteiger partial charge in [-0.15, -0.1) is 12.1 Å². The molecule has 0 saturated heterocycles. The van der Waals surface area contributed by atoms with Gasteiger partial charge in [0.05, 0.1) is 0 Å². The molecule has 0 amide bonds. The summed E-state index contributed by atoms with van der Waals surface area (Å²) in [5, 5.41) is 17.1. The maximum absolute atomic E-state index is 10.2. The Morgan fingerprint density at radius 2 is 2.09 bits per heavy atom. The maximum atomic E-state index is 10.2. The van der Waals surface area contributed by atoms with Crippen molar-refractivity contribution in [2.45, 2.75) is 0 Å². The summed E-state index contributed by atoms with van der Waals surface area (Å²) in [6, 6.07) is 6.17. The molecule has 4 heteroatoms. The third kappa shape index (κ3) is 2.67. The third-order valence-electron chi connectivity index (χ3n) is 1.04. The van der Waals surface area contributed by atoms with Crippen LogP contribution >= 0.6 is 0 Å². The van der Waals surface area contributed by atoms with Gasteiger partial charge in [-0.3, -0.25) is 4.79 Å². The van der Waals surface area contributed by atoms with Crippen LogP contribution < -0.4 is 18.9 Å². The number of carboxylic acid groups (broad SMARTS) is 1.